The van der Waals surface area contributed by atoms with Crippen molar-refractivity contribution >= 4 is 29.2 Å². The maximum atomic E-state index is 12.1. The van der Waals surface area contributed by atoms with Crippen LogP contribution in [0.2, 0.25) is 5.02 Å². The van der Waals surface area contributed by atoms with Crippen molar-refractivity contribution in [3.63, 3.8) is 0 Å². The number of ether oxygens (including phenoxy) is 2. The zero-order chi connectivity index (χ0) is 21.7. The lowest BCUT2D eigenvalue weighted by Gasteiger charge is -2.11. The van der Waals surface area contributed by atoms with Crippen molar-refractivity contribution in [3.8, 4) is 17.2 Å². The fourth-order valence-electron chi connectivity index (χ4n) is 2.82. The number of carbonyl (C=O) groups excluding carboxylic acids is 1. The summed E-state index contributed by atoms with van der Waals surface area (Å²) in [5.41, 5.74) is 2.47. The van der Waals surface area contributed by atoms with Gasteiger partial charge in [-0.1, -0.05) is 17.7 Å². The molecule has 3 rings (SSSR count). The molecule has 3 aromatic carbocycles. The fourth-order valence-corrected chi connectivity index (χ4v) is 2.99. The minimum atomic E-state index is -1.11. The number of amides is 1. The lowest BCUT2D eigenvalue weighted by Crippen LogP contribution is -2.20. The Morgan fingerprint density at radius 1 is 0.900 bits per heavy atom. The normalized spacial score (nSPS) is 10.4. The van der Waals surface area contributed by atoms with Gasteiger partial charge in [-0.25, -0.2) is 4.79 Å². The van der Waals surface area contributed by atoms with Crippen molar-refractivity contribution in [1.82, 2.24) is 0 Å². The molecular formula is C23H20ClNO5. The molecule has 0 atom stereocenters. The van der Waals surface area contributed by atoms with Gasteiger partial charge in [-0.05, 0) is 79.6 Å². The molecule has 154 valence electrons. The molecule has 0 radical (unpaired) electrons. The third kappa shape index (κ3) is 5.75. The van der Waals surface area contributed by atoms with E-state index < -0.39 is 11.9 Å². The second-order valence-electron chi connectivity index (χ2n) is 6.73. The minimum Gasteiger partial charge on any atom is -0.484 e. The molecule has 0 aliphatic heterocycles. The Kier molecular flexibility index (Phi) is 6.59. The lowest BCUT2D eigenvalue weighted by molar-refractivity contribution is -0.118. The molecule has 0 heterocycles. The molecule has 1 amide bonds. The first-order valence-corrected chi connectivity index (χ1v) is 9.49. The van der Waals surface area contributed by atoms with Crippen molar-refractivity contribution in [2.45, 2.75) is 13.8 Å². The van der Waals surface area contributed by atoms with E-state index in [2.05, 4.69) is 11.4 Å². The van der Waals surface area contributed by atoms with E-state index in [9.17, 15) is 9.59 Å². The van der Waals surface area contributed by atoms with Crippen LogP contribution in [-0.4, -0.2) is 23.6 Å². The minimum absolute atomic E-state index is 0.0232. The van der Waals surface area contributed by atoms with Gasteiger partial charge in [0.25, 0.3) is 5.91 Å². The Bertz CT molecular complexity index is 1060. The number of carbonyl (C=O) groups is 2. The monoisotopic (exact) mass is 425 g/mol. The van der Waals surface area contributed by atoms with Gasteiger partial charge in [-0.15, -0.1) is 0 Å². The van der Waals surface area contributed by atoms with E-state index in [1.165, 1.54) is 18.2 Å². The fraction of sp³-hybridized carbons (Fsp3) is 0.130. The summed E-state index contributed by atoms with van der Waals surface area (Å²) in [6.45, 7) is 3.75. The van der Waals surface area contributed by atoms with Gasteiger partial charge < -0.3 is 19.9 Å². The summed E-state index contributed by atoms with van der Waals surface area (Å²) < 4.78 is 11.3. The average molecular weight is 426 g/mol. The van der Waals surface area contributed by atoms with Gasteiger partial charge in [-0.3, -0.25) is 4.79 Å². The Hall–Kier alpha value is -3.51. The van der Waals surface area contributed by atoms with E-state index in [-0.39, 0.29) is 22.9 Å². The van der Waals surface area contributed by atoms with E-state index in [1.54, 1.807) is 24.3 Å². The second-order valence-corrected chi connectivity index (χ2v) is 7.14. The number of aryl methyl sites for hydroxylation is 2. The molecule has 0 aliphatic carbocycles. The standard InChI is InChI=1S/C23H20ClNO5/c1-14-9-15(2)11-19(10-14)30-18-6-4-17(5-7-18)29-13-22(26)25-21-12-16(23(27)28)3-8-20(21)24/h3-12H,13H2,1-2H3,(H,25,26)(H,27,28). The molecule has 7 heteroatoms. The van der Waals surface area contributed by atoms with Crippen molar-refractivity contribution in [3.05, 3.63) is 82.4 Å². The Morgan fingerprint density at radius 3 is 2.17 bits per heavy atom. The van der Waals surface area contributed by atoms with E-state index in [0.29, 0.717) is 11.5 Å². The summed E-state index contributed by atoms with van der Waals surface area (Å²) in [4.78, 5) is 23.2. The molecule has 3 aromatic rings. The summed E-state index contributed by atoms with van der Waals surface area (Å²) in [5, 5.41) is 11.8. The molecule has 0 unspecified atom stereocenters. The van der Waals surface area contributed by atoms with Crippen LogP contribution in [0.3, 0.4) is 0 Å². The molecule has 30 heavy (non-hydrogen) atoms. The third-order valence-corrected chi connectivity index (χ3v) is 4.44. The van der Waals surface area contributed by atoms with Crippen molar-refractivity contribution in [2.75, 3.05) is 11.9 Å². The highest BCUT2D eigenvalue weighted by Gasteiger charge is 2.11. The van der Waals surface area contributed by atoms with Gasteiger partial charge in [-0.2, -0.15) is 0 Å². The highest BCUT2D eigenvalue weighted by atomic mass is 35.5. The first-order valence-electron chi connectivity index (χ1n) is 9.12. The zero-order valence-corrected chi connectivity index (χ0v) is 17.2. The van der Waals surface area contributed by atoms with Crippen LogP contribution < -0.4 is 14.8 Å². The van der Waals surface area contributed by atoms with Crippen molar-refractivity contribution < 1.29 is 24.2 Å². The predicted molar refractivity (Wildman–Crippen MR) is 115 cm³/mol. The predicted octanol–water partition coefficient (Wildman–Crippen LogP) is 5.46. The molecule has 0 aromatic heterocycles. The van der Waals surface area contributed by atoms with E-state index in [0.717, 1.165) is 16.9 Å². The largest absolute Gasteiger partial charge is 0.484 e. The van der Waals surface area contributed by atoms with Crippen molar-refractivity contribution in [1.29, 1.82) is 0 Å². The summed E-state index contributed by atoms with van der Waals surface area (Å²) in [5.74, 6) is 0.315. The second kappa shape index (κ2) is 9.33. The number of halogens is 1. The zero-order valence-electron chi connectivity index (χ0n) is 16.4. The third-order valence-electron chi connectivity index (χ3n) is 4.11. The number of anilines is 1. The lowest BCUT2D eigenvalue weighted by atomic mass is 10.1. The van der Waals surface area contributed by atoms with Gasteiger partial charge in [0.15, 0.2) is 6.61 Å². The van der Waals surface area contributed by atoms with Crippen LogP contribution in [0.4, 0.5) is 5.69 Å². The number of carboxylic acid groups (broad SMARTS) is 1. The van der Waals surface area contributed by atoms with E-state index in [4.69, 9.17) is 26.2 Å². The van der Waals surface area contributed by atoms with Gasteiger partial charge >= 0.3 is 5.97 Å². The van der Waals surface area contributed by atoms with Gasteiger partial charge in [0.2, 0.25) is 0 Å². The maximum absolute atomic E-state index is 12.1. The summed E-state index contributed by atoms with van der Waals surface area (Å²) in [7, 11) is 0. The molecule has 2 N–H and O–H groups in total. The maximum Gasteiger partial charge on any atom is 0.335 e. The van der Waals surface area contributed by atoms with Crippen LogP contribution in [0, 0.1) is 13.8 Å². The number of hydrogen-bond donors (Lipinski definition) is 2. The van der Waals surface area contributed by atoms with Gasteiger partial charge in [0.05, 0.1) is 16.3 Å². The van der Waals surface area contributed by atoms with Crippen LogP contribution in [-0.2, 0) is 4.79 Å². The van der Waals surface area contributed by atoms with Crippen LogP contribution in [0.1, 0.15) is 21.5 Å². The molecule has 0 fully saturated rings. The Morgan fingerprint density at radius 2 is 1.53 bits per heavy atom. The van der Waals surface area contributed by atoms with Crippen LogP contribution in [0.5, 0.6) is 17.2 Å². The number of hydrogen-bond acceptors (Lipinski definition) is 4. The van der Waals surface area contributed by atoms with Crippen LogP contribution in [0.15, 0.2) is 60.7 Å². The molecule has 0 spiro atoms. The molecule has 0 bridgehead atoms. The Labute approximate surface area is 179 Å². The Balaban J connectivity index is 1.56. The number of carboxylic acids is 1. The first kappa shape index (κ1) is 21.2. The van der Waals surface area contributed by atoms with Crippen LogP contribution >= 0.6 is 11.6 Å². The van der Waals surface area contributed by atoms with Gasteiger partial charge in [0, 0.05) is 0 Å². The highest BCUT2D eigenvalue weighted by Crippen LogP contribution is 2.26. The van der Waals surface area contributed by atoms with E-state index in [1.807, 2.05) is 26.0 Å². The van der Waals surface area contributed by atoms with E-state index >= 15 is 0 Å². The molecule has 0 aliphatic rings. The number of rotatable bonds is 7. The quantitative estimate of drug-likeness (QED) is 0.524. The van der Waals surface area contributed by atoms with Crippen LogP contribution in [0.25, 0.3) is 0 Å². The molecule has 0 saturated heterocycles. The summed E-state index contributed by atoms with van der Waals surface area (Å²) in [6, 6.07) is 16.9. The molecular weight excluding hydrogens is 406 g/mol. The molecule has 6 nitrogen and oxygen atoms in total. The van der Waals surface area contributed by atoms with Crippen molar-refractivity contribution in [2.24, 2.45) is 0 Å². The smallest absolute Gasteiger partial charge is 0.335 e. The topological polar surface area (TPSA) is 84.9 Å². The first-order chi connectivity index (χ1) is 14.3. The SMILES string of the molecule is Cc1cc(C)cc(Oc2ccc(OCC(=O)Nc3cc(C(=O)O)ccc3Cl)cc2)c1. The molecule has 0 saturated carbocycles. The number of benzene rings is 3. The summed E-state index contributed by atoms with van der Waals surface area (Å²) >= 11 is 6.00. The van der Waals surface area contributed by atoms with Gasteiger partial charge in [0.1, 0.15) is 17.2 Å². The number of nitrogens with one attached hydrogen (secondary N) is 1. The average Bonchev–Trinajstić information content (AvgIpc) is 2.68. The summed E-state index contributed by atoms with van der Waals surface area (Å²) in [6.07, 6.45) is 0. The highest BCUT2D eigenvalue weighted by molar-refractivity contribution is 6.33. The number of aromatic carboxylic acids is 1.